The summed E-state index contributed by atoms with van der Waals surface area (Å²) in [4.78, 5) is 28.6. The van der Waals surface area contributed by atoms with Gasteiger partial charge in [-0.05, 0) is 43.4 Å². The Balaban J connectivity index is 0.00000312. The van der Waals surface area contributed by atoms with Crippen LogP contribution >= 0.6 is 12.4 Å². The lowest BCUT2D eigenvalue weighted by Gasteiger charge is -2.30. The number of carbonyl (C=O) groups is 2. The number of hydrogen-bond donors (Lipinski definition) is 1. The van der Waals surface area contributed by atoms with Crippen LogP contribution in [0.25, 0.3) is 0 Å². The standard InChI is InChI=1S/C19H29N3O2.ClH/c1-3-12-21(13-4-2)18(23)10-11-19(24)22-14-6-7-15-16(20)8-5-9-17(15)22;/h5,8-9H,3-4,6-7,10-14,20H2,1-2H3;1H. The second-order valence-electron chi connectivity index (χ2n) is 6.37. The van der Waals surface area contributed by atoms with E-state index >= 15 is 0 Å². The molecule has 1 aromatic carbocycles. The first-order valence-electron chi connectivity index (χ1n) is 9.04. The van der Waals surface area contributed by atoms with E-state index < -0.39 is 0 Å². The second-order valence-corrected chi connectivity index (χ2v) is 6.37. The number of nitrogens with zero attached hydrogens (tertiary/aromatic N) is 2. The fourth-order valence-electron chi connectivity index (χ4n) is 3.32. The number of amides is 2. The molecule has 0 bridgehead atoms. The number of hydrogen-bond acceptors (Lipinski definition) is 3. The maximum Gasteiger partial charge on any atom is 0.227 e. The van der Waals surface area contributed by atoms with Gasteiger partial charge < -0.3 is 15.5 Å². The number of anilines is 2. The topological polar surface area (TPSA) is 66.6 Å². The Bertz CT molecular complexity index is 586. The molecule has 0 spiro atoms. The van der Waals surface area contributed by atoms with Crippen molar-refractivity contribution in [1.82, 2.24) is 4.90 Å². The molecule has 25 heavy (non-hydrogen) atoms. The van der Waals surface area contributed by atoms with E-state index in [4.69, 9.17) is 5.73 Å². The molecule has 2 rings (SSSR count). The third kappa shape index (κ3) is 5.36. The highest BCUT2D eigenvalue weighted by atomic mass is 35.5. The number of nitrogen functional groups attached to an aromatic ring is 1. The van der Waals surface area contributed by atoms with Crippen LogP contribution in [0.3, 0.4) is 0 Å². The van der Waals surface area contributed by atoms with E-state index in [1.165, 1.54) is 0 Å². The molecule has 1 heterocycles. The highest BCUT2D eigenvalue weighted by Gasteiger charge is 2.24. The predicted octanol–water partition coefficient (Wildman–Crippen LogP) is 3.40. The number of rotatable bonds is 7. The quantitative estimate of drug-likeness (QED) is 0.751. The number of halogens is 1. The minimum Gasteiger partial charge on any atom is -0.398 e. The Morgan fingerprint density at radius 1 is 1.16 bits per heavy atom. The van der Waals surface area contributed by atoms with Crippen LogP contribution in [0.5, 0.6) is 0 Å². The van der Waals surface area contributed by atoms with Crippen molar-refractivity contribution in [2.24, 2.45) is 0 Å². The van der Waals surface area contributed by atoms with E-state index in [1.807, 2.05) is 23.1 Å². The summed E-state index contributed by atoms with van der Waals surface area (Å²) in [6.45, 7) is 6.37. The highest BCUT2D eigenvalue weighted by molar-refractivity contribution is 5.97. The van der Waals surface area contributed by atoms with Crippen molar-refractivity contribution in [1.29, 1.82) is 0 Å². The van der Waals surface area contributed by atoms with E-state index in [0.29, 0.717) is 6.54 Å². The predicted molar refractivity (Wildman–Crippen MR) is 105 cm³/mol. The molecule has 0 unspecified atom stereocenters. The van der Waals surface area contributed by atoms with Crippen molar-refractivity contribution in [3.8, 4) is 0 Å². The highest BCUT2D eigenvalue weighted by Crippen LogP contribution is 2.31. The Morgan fingerprint density at radius 3 is 2.48 bits per heavy atom. The first kappa shape index (κ1) is 21.3. The van der Waals surface area contributed by atoms with E-state index in [2.05, 4.69) is 13.8 Å². The van der Waals surface area contributed by atoms with Crippen LogP contribution in [0.15, 0.2) is 18.2 Å². The molecule has 0 fully saturated rings. The second kappa shape index (κ2) is 10.3. The van der Waals surface area contributed by atoms with Crippen LogP contribution in [0.2, 0.25) is 0 Å². The van der Waals surface area contributed by atoms with Crippen LogP contribution in [0.1, 0.15) is 51.5 Å². The lowest BCUT2D eigenvalue weighted by Crippen LogP contribution is -2.37. The van der Waals surface area contributed by atoms with Crippen molar-refractivity contribution >= 4 is 35.6 Å². The van der Waals surface area contributed by atoms with Gasteiger partial charge in [0, 0.05) is 43.9 Å². The molecule has 2 amide bonds. The maximum atomic E-state index is 12.6. The largest absolute Gasteiger partial charge is 0.398 e. The first-order valence-corrected chi connectivity index (χ1v) is 9.04. The van der Waals surface area contributed by atoms with Crippen LogP contribution in [0.4, 0.5) is 11.4 Å². The lowest BCUT2D eigenvalue weighted by molar-refractivity contribution is -0.133. The van der Waals surface area contributed by atoms with Gasteiger partial charge in [-0.2, -0.15) is 0 Å². The Morgan fingerprint density at radius 2 is 1.84 bits per heavy atom. The third-order valence-electron chi connectivity index (χ3n) is 4.48. The molecule has 0 radical (unpaired) electrons. The molecule has 0 saturated carbocycles. The Labute approximate surface area is 157 Å². The molecule has 0 atom stereocenters. The van der Waals surface area contributed by atoms with Crippen molar-refractivity contribution in [3.63, 3.8) is 0 Å². The number of benzene rings is 1. The SMILES string of the molecule is CCCN(CCC)C(=O)CCC(=O)N1CCCc2c(N)cccc21.Cl. The van der Waals surface area contributed by atoms with Gasteiger partial charge in [0.1, 0.15) is 0 Å². The van der Waals surface area contributed by atoms with Gasteiger partial charge in [-0.25, -0.2) is 0 Å². The molecular formula is C19H30ClN3O2. The van der Waals surface area contributed by atoms with Gasteiger partial charge in [-0.3, -0.25) is 9.59 Å². The molecule has 1 aliphatic heterocycles. The summed E-state index contributed by atoms with van der Waals surface area (Å²) < 4.78 is 0. The number of fused-ring (bicyclic) bond motifs is 1. The third-order valence-corrected chi connectivity index (χ3v) is 4.48. The smallest absolute Gasteiger partial charge is 0.227 e. The molecule has 6 heteroatoms. The van der Waals surface area contributed by atoms with Gasteiger partial charge in [0.25, 0.3) is 0 Å². The zero-order chi connectivity index (χ0) is 17.5. The molecule has 0 saturated heterocycles. The van der Waals surface area contributed by atoms with E-state index in [-0.39, 0.29) is 37.1 Å². The van der Waals surface area contributed by atoms with Gasteiger partial charge in [0.2, 0.25) is 11.8 Å². The summed E-state index contributed by atoms with van der Waals surface area (Å²) >= 11 is 0. The minimum absolute atomic E-state index is 0. The average molecular weight is 368 g/mol. The fraction of sp³-hybridized carbons (Fsp3) is 0.579. The van der Waals surface area contributed by atoms with Crippen molar-refractivity contribution in [2.45, 2.75) is 52.4 Å². The van der Waals surface area contributed by atoms with Gasteiger partial charge in [0.05, 0.1) is 0 Å². The molecule has 0 aliphatic carbocycles. The molecule has 2 N–H and O–H groups in total. The van der Waals surface area contributed by atoms with Crippen LogP contribution in [-0.4, -0.2) is 36.3 Å². The zero-order valence-corrected chi connectivity index (χ0v) is 16.1. The maximum absolute atomic E-state index is 12.6. The summed E-state index contributed by atoms with van der Waals surface area (Å²) in [7, 11) is 0. The normalized spacial score (nSPS) is 13.0. The summed E-state index contributed by atoms with van der Waals surface area (Å²) in [5.74, 6) is 0.0969. The number of carbonyl (C=O) groups excluding carboxylic acids is 2. The summed E-state index contributed by atoms with van der Waals surface area (Å²) in [5.41, 5.74) is 8.75. The lowest BCUT2D eigenvalue weighted by atomic mass is 9.99. The zero-order valence-electron chi connectivity index (χ0n) is 15.3. The summed E-state index contributed by atoms with van der Waals surface area (Å²) in [5, 5.41) is 0. The Hall–Kier alpha value is -1.75. The van der Waals surface area contributed by atoms with Crippen molar-refractivity contribution < 1.29 is 9.59 Å². The minimum atomic E-state index is 0. The van der Waals surface area contributed by atoms with Crippen LogP contribution < -0.4 is 10.6 Å². The number of nitrogens with two attached hydrogens (primary N) is 1. The van der Waals surface area contributed by atoms with Gasteiger partial charge in [-0.1, -0.05) is 19.9 Å². The van der Waals surface area contributed by atoms with Crippen LogP contribution in [0, 0.1) is 0 Å². The van der Waals surface area contributed by atoms with Gasteiger partial charge in [0.15, 0.2) is 0 Å². The Kier molecular flexibility index (Phi) is 8.76. The molecule has 140 valence electrons. The van der Waals surface area contributed by atoms with Crippen LogP contribution in [-0.2, 0) is 16.0 Å². The van der Waals surface area contributed by atoms with Crippen molar-refractivity contribution in [2.75, 3.05) is 30.3 Å². The molecule has 1 aliphatic rings. The molecular weight excluding hydrogens is 338 g/mol. The van der Waals surface area contributed by atoms with E-state index in [9.17, 15) is 9.59 Å². The molecule has 5 nitrogen and oxygen atoms in total. The first-order chi connectivity index (χ1) is 11.6. The average Bonchev–Trinajstić information content (AvgIpc) is 2.59. The monoisotopic (exact) mass is 367 g/mol. The fourth-order valence-corrected chi connectivity index (χ4v) is 3.32. The summed E-state index contributed by atoms with van der Waals surface area (Å²) in [6.07, 6.45) is 4.26. The van der Waals surface area contributed by atoms with Gasteiger partial charge in [-0.15, -0.1) is 12.4 Å². The van der Waals surface area contributed by atoms with Crippen molar-refractivity contribution in [3.05, 3.63) is 23.8 Å². The summed E-state index contributed by atoms with van der Waals surface area (Å²) in [6, 6.07) is 5.71. The molecule has 0 aromatic heterocycles. The molecule has 1 aromatic rings. The van der Waals surface area contributed by atoms with Gasteiger partial charge >= 0.3 is 0 Å². The van der Waals surface area contributed by atoms with E-state index in [0.717, 1.165) is 55.7 Å². The van der Waals surface area contributed by atoms with E-state index in [1.54, 1.807) is 4.90 Å².